The highest BCUT2D eigenvalue weighted by Crippen LogP contribution is 2.39. The van der Waals surface area contributed by atoms with Crippen molar-refractivity contribution in [1.29, 1.82) is 0 Å². The average Bonchev–Trinajstić information content (AvgIpc) is 3.48. The van der Waals surface area contributed by atoms with Crippen LogP contribution in [0.1, 0.15) is 33.3 Å². The molecule has 2 aliphatic heterocycles. The van der Waals surface area contributed by atoms with Crippen molar-refractivity contribution in [2.75, 3.05) is 48.7 Å². The molecule has 0 saturated carbocycles. The van der Waals surface area contributed by atoms with Gasteiger partial charge in [0.2, 0.25) is 0 Å². The fraction of sp³-hybridized carbons (Fsp3) is 0.400. The van der Waals surface area contributed by atoms with Gasteiger partial charge < -0.3 is 19.7 Å². The van der Waals surface area contributed by atoms with Gasteiger partial charge in [-0.2, -0.15) is 11.8 Å². The van der Waals surface area contributed by atoms with E-state index < -0.39 is 0 Å². The van der Waals surface area contributed by atoms with Gasteiger partial charge in [-0.05, 0) is 67.1 Å². The number of amides is 1. The number of hydrogen-bond acceptors (Lipinski definition) is 5. The molecule has 0 aliphatic carbocycles. The average molecular weight is 467 g/mol. The van der Waals surface area contributed by atoms with Crippen LogP contribution in [-0.2, 0) is 12.2 Å². The molecule has 1 saturated heterocycles. The van der Waals surface area contributed by atoms with Crippen molar-refractivity contribution in [3.05, 3.63) is 64.3 Å². The third-order valence-corrected chi connectivity index (χ3v) is 8.92. The fourth-order valence-corrected chi connectivity index (χ4v) is 7.04. The van der Waals surface area contributed by atoms with Gasteiger partial charge in [-0.25, -0.2) is 0 Å². The van der Waals surface area contributed by atoms with E-state index in [2.05, 4.69) is 51.7 Å². The minimum absolute atomic E-state index is 0.00510. The quantitative estimate of drug-likeness (QED) is 0.573. The smallest absolute Gasteiger partial charge is 0.258 e. The normalized spacial score (nSPS) is 16.8. The number of carbonyl (C=O) groups is 1. The third kappa shape index (κ3) is 4.21. The van der Waals surface area contributed by atoms with E-state index in [1.807, 2.05) is 36.3 Å². The van der Waals surface area contributed by atoms with Gasteiger partial charge in [0.05, 0.1) is 5.56 Å². The van der Waals surface area contributed by atoms with E-state index in [0.29, 0.717) is 0 Å². The molecule has 1 amide bonds. The second-order valence-electron chi connectivity index (χ2n) is 8.45. The number of piperazine rings is 1. The number of carbonyl (C=O) groups excluding carboxylic acids is 1. The Labute approximate surface area is 198 Å². The number of thiophene rings is 1. The Hall–Kier alpha value is -2.22. The predicted molar refractivity (Wildman–Crippen MR) is 137 cm³/mol. The van der Waals surface area contributed by atoms with Crippen LogP contribution in [0.5, 0.6) is 0 Å². The molecule has 0 radical (unpaired) electrons. The van der Waals surface area contributed by atoms with Crippen molar-refractivity contribution in [3.63, 3.8) is 0 Å². The van der Waals surface area contributed by atoms with E-state index in [1.165, 1.54) is 16.1 Å². The molecule has 3 aromatic rings. The second kappa shape index (κ2) is 9.33. The number of rotatable bonds is 5. The summed E-state index contributed by atoms with van der Waals surface area (Å²) in [7, 11) is 0. The van der Waals surface area contributed by atoms with Gasteiger partial charge in [0.1, 0.15) is 5.00 Å². The first-order chi connectivity index (χ1) is 15.6. The monoisotopic (exact) mass is 466 g/mol. The molecule has 2 aromatic heterocycles. The van der Waals surface area contributed by atoms with Gasteiger partial charge in [-0.1, -0.05) is 6.92 Å². The van der Waals surface area contributed by atoms with Crippen molar-refractivity contribution in [3.8, 4) is 5.00 Å². The SMILES string of the molecule is CCN1CCN(c2ccc(NC(=O)c3c(-n4cccc4)sc4c3CCSC4)c(C)c2)CC1. The number of benzene rings is 1. The Morgan fingerprint density at radius 2 is 1.91 bits per heavy atom. The summed E-state index contributed by atoms with van der Waals surface area (Å²) in [4.78, 5) is 19.8. The molecule has 0 bridgehead atoms. The summed E-state index contributed by atoms with van der Waals surface area (Å²) in [5, 5.41) is 4.26. The summed E-state index contributed by atoms with van der Waals surface area (Å²) in [5.41, 5.74) is 5.33. The van der Waals surface area contributed by atoms with E-state index in [4.69, 9.17) is 0 Å². The standard InChI is InChI=1S/C25H30N4OS2/c1-3-27-11-13-28(14-12-27)19-6-7-21(18(2)16-19)26-24(30)23-20-8-15-31-17-22(20)32-25(23)29-9-4-5-10-29/h4-7,9-10,16H,3,8,11-15,17H2,1-2H3,(H,26,30). The number of nitrogens with zero attached hydrogens (tertiary/aromatic N) is 3. The Morgan fingerprint density at radius 3 is 2.62 bits per heavy atom. The summed E-state index contributed by atoms with van der Waals surface area (Å²) >= 11 is 3.71. The van der Waals surface area contributed by atoms with Gasteiger partial charge in [0.15, 0.2) is 0 Å². The second-order valence-corrected chi connectivity index (χ2v) is 10.6. The number of fused-ring (bicyclic) bond motifs is 1. The molecule has 5 nitrogen and oxygen atoms in total. The van der Waals surface area contributed by atoms with E-state index >= 15 is 0 Å². The molecule has 0 spiro atoms. The molecule has 5 rings (SSSR count). The van der Waals surface area contributed by atoms with E-state index in [0.717, 1.165) is 72.5 Å². The lowest BCUT2D eigenvalue weighted by Crippen LogP contribution is -2.46. The van der Waals surface area contributed by atoms with Crippen LogP contribution in [0, 0.1) is 6.92 Å². The molecule has 4 heterocycles. The topological polar surface area (TPSA) is 40.5 Å². The van der Waals surface area contributed by atoms with Crippen LogP contribution in [0.3, 0.4) is 0 Å². The molecule has 32 heavy (non-hydrogen) atoms. The highest BCUT2D eigenvalue weighted by molar-refractivity contribution is 7.98. The van der Waals surface area contributed by atoms with Crippen LogP contribution in [-0.4, -0.2) is 53.9 Å². The maximum absolute atomic E-state index is 13.5. The van der Waals surface area contributed by atoms with E-state index in [-0.39, 0.29) is 5.91 Å². The number of aryl methyl sites for hydroxylation is 1. The lowest BCUT2D eigenvalue weighted by molar-refractivity contribution is 0.102. The van der Waals surface area contributed by atoms with Crippen LogP contribution < -0.4 is 10.2 Å². The highest BCUT2D eigenvalue weighted by atomic mass is 32.2. The van der Waals surface area contributed by atoms with Crippen LogP contribution in [0.4, 0.5) is 11.4 Å². The molecular weight excluding hydrogens is 436 g/mol. The molecule has 168 valence electrons. The minimum atomic E-state index is 0.00510. The summed E-state index contributed by atoms with van der Waals surface area (Å²) in [5.74, 6) is 2.08. The molecule has 1 aromatic carbocycles. The first-order valence-electron chi connectivity index (χ1n) is 11.4. The largest absolute Gasteiger partial charge is 0.369 e. The van der Waals surface area contributed by atoms with Gasteiger partial charge >= 0.3 is 0 Å². The third-order valence-electron chi connectivity index (χ3n) is 6.51. The van der Waals surface area contributed by atoms with Crippen molar-refractivity contribution in [2.45, 2.75) is 26.0 Å². The number of likely N-dealkylation sites (N-methyl/N-ethyl adjacent to an activating group) is 1. The molecule has 1 fully saturated rings. The summed E-state index contributed by atoms with van der Waals surface area (Å²) in [6.07, 6.45) is 5.02. The van der Waals surface area contributed by atoms with Gasteiger partial charge in [0.25, 0.3) is 5.91 Å². The zero-order valence-electron chi connectivity index (χ0n) is 18.8. The Bertz CT molecular complexity index is 1100. The fourth-order valence-electron chi connectivity index (χ4n) is 4.60. The maximum atomic E-state index is 13.5. The minimum Gasteiger partial charge on any atom is -0.369 e. The van der Waals surface area contributed by atoms with E-state index in [9.17, 15) is 4.79 Å². The van der Waals surface area contributed by atoms with Crippen LogP contribution >= 0.6 is 23.1 Å². The lowest BCUT2D eigenvalue weighted by atomic mass is 10.1. The predicted octanol–water partition coefficient (Wildman–Crippen LogP) is 5.03. The van der Waals surface area contributed by atoms with Gasteiger partial charge in [-0.15, -0.1) is 11.3 Å². The zero-order valence-corrected chi connectivity index (χ0v) is 20.4. The summed E-state index contributed by atoms with van der Waals surface area (Å²) < 4.78 is 2.08. The highest BCUT2D eigenvalue weighted by Gasteiger charge is 2.27. The number of anilines is 2. The number of thioether (sulfide) groups is 1. The van der Waals surface area contributed by atoms with Crippen molar-refractivity contribution < 1.29 is 4.79 Å². The molecule has 0 unspecified atom stereocenters. The molecule has 0 atom stereocenters. The van der Waals surface area contributed by atoms with Gasteiger partial charge in [-0.3, -0.25) is 4.79 Å². The first kappa shape index (κ1) is 21.6. The Kier molecular flexibility index (Phi) is 6.31. The van der Waals surface area contributed by atoms with Crippen molar-refractivity contribution >= 4 is 40.4 Å². The number of aromatic nitrogens is 1. The zero-order chi connectivity index (χ0) is 22.1. The number of hydrogen-bond donors (Lipinski definition) is 1. The molecule has 2 aliphatic rings. The summed E-state index contributed by atoms with van der Waals surface area (Å²) in [6, 6.07) is 10.5. The Balaban J connectivity index is 1.38. The molecular formula is C25H30N4OS2. The lowest BCUT2D eigenvalue weighted by Gasteiger charge is -2.35. The molecule has 7 heteroatoms. The Morgan fingerprint density at radius 1 is 1.12 bits per heavy atom. The maximum Gasteiger partial charge on any atom is 0.258 e. The summed E-state index contributed by atoms with van der Waals surface area (Å²) in [6.45, 7) is 9.76. The number of nitrogens with one attached hydrogen (secondary N) is 1. The first-order valence-corrected chi connectivity index (χ1v) is 13.4. The van der Waals surface area contributed by atoms with Crippen LogP contribution in [0.15, 0.2) is 42.7 Å². The van der Waals surface area contributed by atoms with E-state index in [1.54, 1.807) is 11.3 Å². The van der Waals surface area contributed by atoms with Crippen molar-refractivity contribution in [1.82, 2.24) is 9.47 Å². The van der Waals surface area contributed by atoms with Crippen molar-refractivity contribution in [2.24, 2.45) is 0 Å². The molecule has 1 N–H and O–H groups in total. The van der Waals surface area contributed by atoms with Crippen LogP contribution in [0.25, 0.3) is 5.00 Å². The van der Waals surface area contributed by atoms with Crippen LogP contribution in [0.2, 0.25) is 0 Å². The van der Waals surface area contributed by atoms with Gasteiger partial charge in [0, 0.05) is 60.6 Å².